The van der Waals surface area contributed by atoms with Gasteiger partial charge in [0.15, 0.2) is 0 Å². The van der Waals surface area contributed by atoms with Crippen molar-refractivity contribution >= 4 is 11.9 Å². The fourth-order valence-corrected chi connectivity index (χ4v) is 3.46. The zero-order chi connectivity index (χ0) is 30.7. The van der Waals surface area contributed by atoms with Crippen molar-refractivity contribution in [1.82, 2.24) is 0 Å². The fraction of sp³-hybridized carbons (Fsp3) is 0.353. The number of hydrogen-bond donors (Lipinski definition) is 0. The summed E-state index contributed by atoms with van der Waals surface area (Å²) in [5.41, 5.74) is 0.441. The number of carbonyl (C=O) groups excluding carboxylic acids is 2. The second kappa shape index (κ2) is 25.0. The maximum atomic E-state index is 12.0. The molecule has 42 heavy (non-hydrogen) atoms. The van der Waals surface area contributed by atoms with Crippen molar-refractivity contribution in [3.8, 4) is 17.2 Å². The molecule has 0 N–H and O–H groups in total. The maximum absolute atomic E-state index is 12.0. The normalized spacial score (nSPS) is 9.67. The molecule has 0 aliphatic rings. The third kappa shape index (κ3) is 17.8. The second-order valence-corrected chi connectivity index (χ2v) is 8.93. The molecule has 0 aromatic heterocycles. The van der Waals surface area contributed by atoms with Gasteiger partial charge in [0.1, 0.15) is 5.75 Å². The van der Waals surface area contributed by atoms with Gasteiger partial charge in [0.25, 0.3) is 0 Å². The number of rotatable bonds is 17. The minimum atomic E-state index is -0.429. The summed E-state index contributed by atoms with van der Waals surface area (Å²) in [7, 11) is 0. The number of carbonyl (C=O) groups is 2. The third-order valence-corrected chi connectivity index (χ3v) is 5.66. The number of esters is 2. The first kappa shape index (κ1) is 36.3. The van der Waals surface area contributed by atoms with Gasteiger partial charge in [0, 0.05) is 17.6 Å². The van der Waals surface area contributed by atoms with Gasteiger partial charge in [-0.2, -0.15) is 36.4 Å². The van der Waals surface area contributed by atoms with Gasteiger partial charge in [-0.15, -0.1) is 24.3 Å². The predicted molar refractivity (Wildman–Crippen MR) is 157 cm³/mol. The summed E-state index contributed by atoms with van der Waals surface area (Å²) in [6, 6.07) is 26.9. The summed E-state index contributed by atoms with van der Waals surface area (Å²) >= 11 is 2.31. The van der Waals surface area contributed by atoms with Crippen LogP contribution in [0.15, 0.2) is 85.5 Å². The summed E-state index contributed by atoms with van der Waals surface area (Å²) in [5.74, 6) is 1.25. The first-order valence-corrected chi connectivity index (χ1v) is 14.5. The van der Waals surface area contributed by atoms with E-state index in [4.69, 9.17) is 22.8 Å². The van der Waals surface area contributed by atoms with Gasteiger partial charge in [-0.25, -0.2) is 9.59 Å². The van der Waals surface area contributed by atoms with Crippen molar-refractivity contribution in [2.45, 2.75) is 58.3 Å². The Bertz CT molecular complexity index is 1110. The van der Waals surface area contributed by atoms with Gasteiger partial charge in [0.05, 0.1) is 25.4 Å². The van der Waals surface area contributed by atoms with Crippen LogP contribution in [-0.4, -0.2) is 31.8 Å². The van der Waals surface area contributed by atoms with E-state index in [1.807, 2.05) is 24.3 Å². The van der Waals surface area contributed by atoms with Crippen LogP contribution >= 0.6 is 0 Å². The van der Waals surface area contributed by atoms with E-state index in [0.29, 0.717) is 36.7 Å². The molecule has 3 aromatic rings. The van der Waals surface area contributed by atoms with E-state index in [1.165, 1.54) is 38.5 Å². The van der Waals surface area contributed by atoms with E-state index in [1.54, 1.807) is 48.5 Å². The molecule has 0 bridgehead atoms. The van der Waals surface area contributed by atoms with E-state index in [-0.39, 0.29) is 0 Å². The Labute approximate surface area is 258 Å². The molecule has 0 unspecified atom stereocenters. The molecule has 0 spiro atoms. The minimum absolute atomic E-state index is 0.343. The Morgan fingerprint density at radius 1 is 0.690 bits per heavy atom. The molecule has 3 rings (SSSR count). The first-order valence-electron chi connectivity index (χ1n) is 14.0. The van der Waals surface area contributed by atoms with Crippen LogP contribution in [0.25, 0.3) is 0 Å². The molecule has 0 amide bonds. The van der Waals surface area contributed by atoms with Crippen molar-refractivity contribution in [3.63, 3.8) is 0 Å². The molecule has 0 fully saturated rings. The monoisotopic (exact) mass is 619 g/mol. The first-order chi connectivity index (χ1) is 20.6. The Morgan fingerprint density at radius 3 is 1.74 bits per heavy atom. The molecule has 0 aliphatic heterocycles. The molecule has 3 aromatic carbocycles. The molecule has 0 saturated heterocycles. The van der Waals surface area contributed by atoms with Crippen LogP contribution in [0.5, 0.6) is 17.2 Å². The molecule has 0 heterocycles. The molecular weight excluding hydrogens is 579 g/mol. The van der Waals surface area contributed by atoms with E-state index in [0.717, 1.165) is 24.9 Å². The van der Waals surface area contributed by atoms with Crippen LogP contribution < -0.4 is 14.2 Å². The van der Waals surface area contributed by atoms with Crippen molar-refractivity contribution < 1.29 is 48.1 Å². The van der Waals surface area contributed by atoms with Crippen LogP contribution in [0.4, 0.5) is 0 Å². The van der Waals surface area contributed by atoms with Gasteiger partial charge < -0.3 is 18.9 Å². The summed E-state index contributed by atoms with van der Waals surface area (Å²) in [4.78, 5) is 22.9. The van der Waals surface area contributed by atoms with Crippen molar-refractivity contribution in [3.05, 3.63) is 103 Å². The quantitative estimate of drug-likeness (QED) is 0.0503. The number of benzene rings is 3. The van der Waals surface area contributed by atoms with Gasteiger partial charge in [-0.1, -0.05) is 45.6 Å². The molecule has 8 heteroatoms. The van der Waals surface area contributed by atoms with Crippen molar-refractivity contribution in [1.29, 1.82) is 0 Å². The fourth-order valence-electron chi connectivity index (χ4n) is 3.46. The molecule has 0 radical (unpaired) electrons. The van der Waals surface area contributed by atoms with Crippen molar-refractivity contribution in [2.75, 3.05) is 19.8 Å². The van der Waals surface area contributed by atoms with Gasteiger partial charge >= 0.3 is 31.5 Å². The summed E-state index contributed by atoms with van der Waals surface area (Å²) in [6.07, 6.45) is 10.5. The van der Waals surface area contributed by atoms with Crippen LogP contribution in [0.1, 0.15) is 68.6 Å². The van der Waals surface area contributed by atoms with Gasteiger partial charge in [0.2, 0.25) is 0 Å². The van der Waals surface area contributed by atoms with E-state index >= 15 is 0 Å². The molecule has 229 valence electrons. The second-order valence-electron chi connectivity index (χ2n) is 8.93. The van der Waals surface area contributed by atoms with E-state index < -0.39 is 11.9 Å². The van der Waals surface area contributed by atoms with Crippen LogP contribution in [0.3, 0.4) is 0 Å². The van der Waals surface area contributed by atoms with E-state index in [2.05, 4.69) is 41.3 Å². The van der Waals surface area contributed by atoms with Crippen molar-refractivity contribution in [2.24, 2.45) is 0 Å². The van der Waals surface area contributed by atoms with Crippen LogP contribution in [0.2, 0.25) is 0 Å². The number of unbranched alkanes of at least 4 members (excludes halogenated alkanes) is 6. The summed E-state index contributed by atoms with van der Waals surface area (Å²) in [6.45, 7) is 7.25. The SMILES string of the molecule is C=CC(=O)OCCCCOc1ccc(C(=O)Oc2cc[c-]cc2)cc1.CCCCCCCCOc1cc[c-]cc1.[O]=[Co]. The standard InChI is InChI=1S/C20H19O5.C14H21O.Co.O/c1-2-19(21)24-15-7-6-14-23-17-12-10-16(11-13-17)20(22)25-18-8-4-3-5-9-18;1-2-3-4-5-6-10-13-15-14-11-8-7-9-12-14;;/h2,4-5,8-13H,1,6-7,14-15H2;8-9,11-12H,2-6,10,13H2,1H3;;/q2*-1;;. The summed E-state index contributed by atoms with van der Waals surface area (Å²) < 4.78 is 29.2. The Kier molecular flexibility index (Phi) is 21.6. The molecular formula is C34H40CoO7-2. The topological polar surface area (TPSA) is 88.1 Å². The number of ether oxygens (including phenoxy) is 4. The third-order valence-electron chi connectivity index (χ3n) is 5.66. The Morgan fingerprint density at radius 2 is 1.17 bits per heavy atom. The number of hydrogen-bond acceptors (Lipinski definition) is 7. The molecule has 0 atom stereocenters. The zero-order valence-electron chi connectivity index (χ0n) is 24.2. The molecule has 7 nitrogen and oxygen atoms in total. The average molecular weight is 620 g/mol. The van der Waals surface area contributed by atoms with Gasteiger partial charge in [-0.05, 0) is 43.5 Å². The predicted octanol–water partition coefficient (Wildman–Crippen LogP) is 7.70. The Hall–Kier alpha value is -3.75. The zero-order valence-corrected chi connectivity index (χ0v) is 25.2. The van der Waals surface area contributed by atoms with Gasteiger partial charge in [-0.3, -0.25) is 0 Å². The van der Waals surface area contributed by atoms with Crippen LogP contribution in [-0.2, 0) is 29.1 Å². The Balaban J connectivity index is 0.000000443. The summed E-state index contributed by atoms with van der Waals surface area (Å²) in [5, 5.41) is 0. The molecule has 0 saturated carbocycles. The van der Waals surface area contributed by atoms with Crippen LogP contribution in [0, 0.1) is 12.1 Å². The van der Waals surface area contributed by atoms with E-state index in [9.17, 15) is 9.59 Å². The average Bonchev–Trinajstić information content (AvgIpc) is 3.04. The molecule has 0 aliphatic carbocycles.